The van der Waals surface area contributed by atoms with Crippen molar-refractivity contribution < 1.29 is 9.18 Å². The van der Waals surface area contributed by atoms with E-state index < -0.39 is 0 Å². The first-order valence-corrected chi connectivity index (χ1v) is 6.48. The van der Waals surface area contributed by atoms with Crippen molar-refractivity contribution in [2.24, 2.45) is 0 Å². The van der Waals surface area contributed by atoms with Crippen molar-refractivity contribution in [1.82, 2.24) is 10.6 Å². The number of carbonyl (C=O) groups is 1. The fourth-order valence-corrected chi connectivity index (χ4v) is 1.76. The normalized spacial score (nSPS) is 14.5. The molecule has 98 valence electrons. The molecular formula is C14H19FN2O. The molecule has 0 bridgehead atoms. The zero-order valence-electron chi connectivity index (χ0n) is 10.4. The third kappa shape index (κ3) is 4.84. The average Bonchev–Trinajstić information content (AvgIpc) is 3.16. The molecule has 0 aromatic heterocycles. The Hall–Kier alpha value is -1.42. The van der Waals surface area contributed by atoms with Crippen LogP contribution in [0, 0.1) is 5.82 Å². The van der Waals surface area contributed by atoms with Gasteiger partial charge in [0, 0.05) is 12.6 Å². The average molecular weight is 250 g/mol. The Morgan fingerprint density at radius 1 is 1.22 bits per heavy atom. The van der Waals surface area contributed by atoms with E-state index in [4.69, 9.17) is 0 Å². The summed E-state index contributed by atoms with van der Waals surface area (Å²) in [6.45, 7) is 1.65. The Morgan fingerprint density at radius 3 is 2.61 bits per heavy atom. The van der Waals surface area contributed by atoms with E-state index in [2.05, 4.69) is 10.6 Å². The number of amides is 1. The second-order valence-electron chi connectivity index (χ2n) is 4.74. The number of hydrogen-bond acceptors (Lipinski definition) is 2. The molecule has 1 amide bonds. The summed E-state index contributed by atoms with van der Waals surface area (Å²) in [6.07, 6.45) is 3.84. The zero-order chi connectivity index (χ0) is 12.8. The molecule has 0 saturated heterocycles. The lowest BCUT2D eigenvalue weighted by molar-refractivity contribution is -0.120. The summed E-state index contributed by atoms with van der Waals surface area (Å²) in [5.41, 5.74) is 0.838. The van der Waals surface area contributed by atoms with Crippen LogP contribution < -0.4 is 10.6 Å². The summed E-state index contributed by atoms with van der Waals surface area (Å²) < 4.78 is 12.7. The molecule has 0 unspecified atom stereocenters. The SMILES string of the molecule is O=C(Cc1ccc(F)cc1)NCCCNC1CC1. The van der Waals surface area contributed by atoms with E-state index in [0.717, 1.165) is 24.6 Å². The molecule has 2 rings (SSSR count). The first kappa shape index (κ1) is 13.0. The Bertz CT molecular complexity index is 387. The monoisotopic (exact) mass is 250 g/mol. The topological polar surface area (TPSA) is 41.1 Å². The van der Waals surface area contributed by atoms with Crippen molar-refractivity contribution in [3.8, 4) is 0 Å². The van der Waals surface area contributed by atoms with Crippen molar-refractivity contribution in [2.75, 3.05) is 13.1 Å². The number of halogens is 1. The summed E-state index contributed by atoms with van der Waals surface area (Å²) in [7, 11) is 0. The number of carbonyl (C=O) groups excluding carboxylic acids is 1. The second-order valence-corrected chi connectivity index (χ2v) is 4.74. The molecule has 1 saturated carbocycles. The molecule has 1 aromatic rings. The highest BCUT2D eigenvalue weighted by Crippen LogP contribution is 2.18. The van der Waals surface area contributed by atoms with E-state index in [0.29, 0.717) is 13.0 Å². The van der Waals surface area contributed by atoms with Crippen molar-refractivity contribution in [2.45, 2.75) is 31.7 Å². The first-order valence-electron chi connectivity index (χ1n) is 6.48. The number of benzene rings is 1. The van der Waals surface area contributed by atoms with Crippen LogP contribution in [0.1, 0.15) is 24.8 Å². The Kier molecular flexibility index (Phi) is 4.70. The molecule has 0 spiro atoms. The number of nitrogens with one attached hydrogen (secondary N) is 2. The van der Waals surface area contributed by atoms with Crippen LogP contribution in [0.15, 0.2) is 24.3 Å². The predicted molar refractivity (Wildman–Crippen MR) is 68.8 cm³/mol. The summed E-state index contributed by atoms with van der Waals surface area (Å²) >= 11 is 0. The predicted octanol–water partition coefficient (Wildman–Crippen LogP) is 1.63. The van der Waals surface area contributed by atoms with E-state index in [9.17, 15) is 9.18 Å². The van der Waals surface area contributed by atoms with Crippen LogP contribution >= 0.6 is 0 Å². The lowest BCUT2D eigenvalue weighted by Crippen LogP contribution is -2.29. The second kappa shape index (κ2) is 6.50. The summed E-state index contributed by atoms with van der Waals surface area (Å²) in [6, 6.07) is 6.76. The zero-order valence-corrected chi connectivity index (χ0v) is 10.4. The van der Waals surface area contributed by atoms with Gasteiger partial charge in [0.15, 0.2) is 0 Å². The van der Waals surface area contributed by atoms with Gasteiger partial charge in [-0.15, -0.1) is 0 Å². The molecule has 4 heteroatoms. The van der Waals surface area contributed by atoms with E-state index in [1.54, 1.807) is 12.1 Å². The van der Waals surface area contributed by atoms with Crippen molar-refractivity contribution in [3.05, 3.63) is 35.6 Å². The molecule has 1 fully saturated rings. The molecule has 1 aliphatic carbocycles. The van der Waals surface area contributed by atoms with Crippen molar-refractivity contribution in [1.29, 1.82) is 0 Å². The van der Waals surface area contributed by atoms with Crippen LogP contribution in [-0.4, -0.2) is 25.0 Å². The lowest BCUT2D eigenvalue weighted by atomic mass is 10.1. The number of rotatable bonds is 7. The third-order valence-electron chi connectivity index (χ3n) is 2.96. The molecule has 0 radical (unpaired) electrons. The minimum absolute atomic E-state index is 0.00645. The molecule has 0 atom stereocenters. The summed E-state index contributed by atoms with van der Waals surface area (Å²) in [5, 5.41) is 6.26. The summed E-state index contributed by atoms with van der Waals surface area (Å²) in [4.78, 5) is 11.6. The van der Waals surface area contributed by atoms with Gasteiger partial charge in [-0.3, -0.25) is 4.79 Å². The van der Waals surface area contributed by atoms with Gasteiger partial charge in [0.2, 0.25) is 5.91 Å². The molecule has 1 aromatic carbocycles. The Morgan fingerprint density at radius 2 is 1.94 bits per heavy atom. The van der Waals surface area contributed by atoms with Gasteiger partial charge >= 0.3 is 0 Å². The maximum atomic E-state index is 12.7. The van der Waals surface area contributed by atoms with Gasteiger partial charge in [-0.2, -0.15) is 0 Å². The van der Waals surface area contributed by atoms with Crippen LogP contribution in [0.5, 0.6) is 0 Å². The van der Waals surface area contributed by atoms with Crippen LogP contribution in [-0.2, 0) is 11.2 Å². The van der Waals surface area contributed by atoms with E-state index in [1.807, 2.05) is 0 Å². The van der Waals surface area contributed by atoms with Gasteiger partial charge in [0.25, 0.3) is 0 Å². The highest BCUT2D eigenvalue weighted by atomic mass is 19.1. The summed E-state index contributed by atoms with van der Waals surface area (Å²) in [5.74, 6) is -0.279. The Balaban J connectivity index is 1.57. The van der Waals surface area contributed by atoms with Crippen molar-refractivity contribution in [3.63, 3.8) is 0 Å². The fraction of sp³-hybridized carbons (Fsp3) is 0.500. The van der Waals surface area contributed by atoms with E-state index >= 15 is 0 Å². The maximum Gasteiger partial charge on any atom is 0.224 e. The Labute approximate surface area is 107 Å². The van der Waals surface area contributed by atoms with E-state index in [1.165, 1.54) is 25.0 Å². The molecule has 3 nitrogen and oxygen atoms in total. The quantitative estimate of drug-likeness (QED) is 0.722. The minimum Gasteiger partial charge on any atom is -0.356 e. The minimum atomic E-state index is -0.273. The molecule has 1 aliphatic rings. The van der Waals surface area contributed by atoms with Gasteiger partial charge in [-0.05, 0) is 43.5 Å². The van der Waals surface area contributed by atoms with Crippen LogP contribution in [0.25, 0.3) is 0 Å². The van der Waals surface area contributed by atoms with E-state index in [-0.39, 0.29) is 11.7 Å². The number of hydrogen-bond donors (Lipinski definition) is 2. The molecule has 0 aliphatic heterocycles. The van der Waals surface area contributed by atoms with Crippen molar-refractivity contribution >= 4 is 5.91 Å². The lowest BCUT2D eigenvalue weighted by Gasteiger charge is -2.06. The van der Waals surface area contributed by atoms with Crippen LogP contribution in [0.3, 0.4) is 0 Å². The van der Waals surface area contributed by atoms with Gasteiger partial charge in [0.1, 0.15) is 5.82 Å². The van der Waals surface area contributed by atoms with Gasteiger partial charge in [-0.1, -0.05) is 12.1 Å². The van der Waals surface area contributed by atoms with Gasteiger partial charge in [0.05, 0.1) is 6.42 Å². The largest absolute Gasteiger partial charge is 0.356 e. The van der Waals surface area contributed by atoms with Crippen LogP contribution in [0.2, 0.25) is 0 Å². The maximum absolute atomic E-state index is 12.7. The van der Waals surface area contributed by atoms with Crippen LogP contribution in [0.4, 0.5) is 4.39 Å². The first-order chi connectivity index (χ1) is 8.74. The molecular weight excluding hydrogens is 231 g/mol. The standard InChI is InChI=1S/C14H19FN2O/c15-12-4-2-11(3-5-12)10-14(18)17-9-1-8-16-13-6-7-13/h2-5,13,16H,1,6-10H2,(H,17,18). The van der Waals surface area contributed by atoms with Gasteiger partial charge in [-0.25, -0.2) is 4.39 Å². The smallest absolute Gasteiger partial charge is 0.224 e. The fourth-order valence-electron chi connectivity index (χ4n) is 1.76. The molecule has 18 heavy (non-hydrogen) atoms. The third-order valence-corrected chi connectivity index (χ3v) is 2.96. The van der Waals surface area contributed by atoms with Gasteiger partial charge < -0.3 is 10.6 Å². The molecule has 2 N–H and O–H groups in total. The highest BCUT2D eigenvalue weighted by Gasteiger charge is 2.19. The highest BCUT2D eigenvalue weighted by molar-refractivity contribution is 5.78. The molecule has 0 heterocycles.